The van der Waals surface area contributed by atoms with E-state index in [4.69, 9.17) is 4.74 Å². The van der Waals surface area contributed by atoms with Gasteiger partial charge in [-0.05, 0) is 49.1 Å². The molecule has 134 valence electrons. The van der Waals surface area contributed by atoms with Gasteiger partial charge in [-0.25, -0.2) is 13.2 Å². The molecule has 0 saturated carbocycles. The summed E-state index contributed by atoms with van der Waals surface area (Å²) in [6.45, 7) is 3.32. The maximum atomic E-state index is 12.4. The number of carbonyl (C=O) groups is 2. The largest absolute Gasteiger partial charge is 0.450 e. The highest BCUT2D eigenvalue weighted by Gasteiger charge is 2.23. The van der Waals surface area contributed by atoms with Crippen molar-refractivity contribution in [3.05, 3.63) is 40.4 Å². The number of hydrogen-bond donors (Lipinski definition) is 1. The Morgan fingerprint density at radius 2 is 1.92 bits per heavy atom. The first-order valence-electron chi connectivity index (χ1n) is 7.35. The number of aryl methyl sites for hydroxylation is 1. The molecule has 0 saturated heterocycles. The van der Waals surface area contributed by atoms with Crippen molar-refractivity contribution in [1.29, 1.82) is 0 Å². The van der Waals surface area contributed by atoms with E-state index in [2.05, 4.69) is 14.3 Å². The molecule has 2 aromatic rings. The molecule has 25 heavy (non-hydrogen) atoms. The molecule has 0 aliphatic heterocycles. The molecule has 1 heterocycles. The number of carbonyl (C=O) groups excluding carboxylic acids is 2. The number of ether oxygens (including phenoxy) is 1. The Morgan fingerprint density at radius 3 is 2.48 bits per heavy atom. The zero-order valence-corrected chi connectivity index (χ0v) is 15.5. The fraction of sp³-hybridized carbons (Fsp3) is 0.333. The van der Waals surface area contributed by atoms with Crippen molar-refractivity contribution in [3.8, 4) is 0 Å². The molecule has 0 aliphatic carbocycles. The van der Waals surface area contributed by atoms with E-state index in [9.17, 15) is 18.0 Å². The number of Topliss-reactive ketones (excluding diaryl/α,β-unsaturated/α-hetero) is 1. The SMILES string of the molecule is CCc1nnsc1C(=O)O[C@H](C)C(=O)c1ccc(NS(C)(=O)=O)cc1. The molecule has 0 bridgehead atoms. The second-order valence-corrected chi connectivity index (χ2v) is 7.77. The van der Waals surface area contributed by atoms with E-state index in [-0.39, 0.29) is 4.88 Å². The van der Waals surface area contributed by atoms with Crippen molar-refractivity contribution in [3.63, 3.8) is 0 Å². The second kappa shape index (κ2) is 7.70. The molecule has 8 nitrogen and oxygen atoms in total. The summed E-state index contributed by atoms with van der Waals surface area (Å²) in [4.78, 5) is 24.8. The highest BCUT2D eigenvalue weighted by atomic mass is 32.2. The molecule has 0 amide bonds. The number of ketones is 1. The van der Waals surface area contributed by atoms with Gasteiger partial charge in [-0.2, -0.15) is 0 Å². The monoisotopic (exact) mass is 383 g/mol. The minimum absolute atomic E-state index is 0.287. The van der Waals surface area contributed by atoms with Gasteiger partial charge in [-0.1, -0.05) is 11.4 Å². The van der Waals surface area contributed by atoms with E-state index < -0.39 is 27.9 Å². The lowest BCUT2D eigenvalue weighted by Gasteiger charge is -2.12. The van der Waals surface area contributed by atoms with Crippen LogP contribution in [0.1, 0.15) is 39.6 Å². The maximum Gasteiger partial charge on any atom is 0.352 e. The van der Waals surface area contributed by atoms with Gasteiger partial charge >= 0.3 is 5.97 Å². The van der Waals surface area contributed by atoms with E-state index in [0.717, 1.165) is 17.8 Å². The Kier molecular flexibility index (Phi) is 5.85. The van der Waals surface area contributed by atoms with Gasteiger partial charge in [0, 0.05) is 11.3 Å². The number of rotatable bonds is 7. The van der Waals surface area contributed by atoms with E-state index >= 15 is 0 Å². The molecule has 0 aliphatic rings. The van der Waals surface area contributed by atoms with Crippen LogP contribution in [0.5, 0.6) is 0 Å². The number of esters is 1. The van der Waals surface area contributed by atoms with Crippen LogP contribution in [0.25, 0.3) is 0 Å². The lowest BCUT2D eigenvalue weighted by Crippen LogP contribution is -2.24. The highest BCUT2D eigenvalue weighted by molar-refractivity contribution is 7.92. The third-order valence-electron chi connectivity index (χ3n) is 3.20. The van der Waals surface area contributed by atoms with Crippen molar-refractivity contribution in [2.45, 2.75) is 26.4 Å². The Labute approximate surface area is 149 Å². The van der Waals surface area contributed by atoms with E-state index in [0.29, 0.717) is 23.4 Å². The molecule has 0 spiro atoms. The quantitative estimate of drug-likeness (QED) is 0.573. The number of sulfonamides is 1. The summed E-state index contributed by atoms with van der Waals surface area (Å²) in [6.07, 6.45) is 0.581. The molecule has 1 aromatic carbocycles. The lowest BCUT2D eigenvalue weighted by atomic mass is 10.1. The van der Waals surface area contributed by atoms with E-state index in [1.54, 1.807) is 0 Å². The van der Waals surface area contributed by atoms with Gasteiger partial charge in [0.05, 0.1) is 11.9 Å². The van der Waals surface area contributed by atoms with Crippen LogP contribution in [0.15, 0.2) is 24.3 Å². The number of benzene rings is 1. The molecule has 2 rings (SSSR count). The van der Waals surface area contributed by atoms with Gasteiger partial charge in [0.1, 0.15) is 0 Å². The van der Waals surface area contributed by atoms with Gasteiger partial charge in [-0.15, -0.1) is 5.10 Å². The standard InChI is InChI=1S/C15H17N3O5S2/c1-4-12-14(24-18-16-12)15(20)23-9(2)13(19)10-5-7-11(8-6-10)17-25(3,21)22/h5-9,17H,4H2,1-3H3/t9-/m1/s1. The Morgan fingerprint density at radius 1 is 1.28 bits per heavy atom. The van der Waals surface area contributed by atoms with Crippen LogP contribution in [0.4, 0.5) is 5.69 Å². The number of nitrogens with one attached hydrogen (secondary N) is 1. The molecular formula is C15H17N3O5S2. The lowest BCUT2D eigenvalue weighted by molar-refractivity contribution is 0.0322. The minimum Gasteiger partial charge on any atom is -0.450 e. The van der Waals surface area contributed by atoms with Crippen LogP contribution >= 0.6 is 11.5 Å². The van der Waals surface area contributed by atoms with Gasteiger partial charge < -0.3 is 4.74 Å². The van der Waals surface area contributed by atoms with Crippen LogP contribution in [-0.4, -0.2) is 42.1 Å². The highest BCUT2D eigenvalue weighted by Crippen LogP contribution is 2.17. The summed E-state index contributed by atoms with van der Waals surface area (Å²) < 4.78 is 33.5. The van der Waals surface area contributed by atoms with Crippen molar-refractivity contribution < 1.29 is 22.7 Å². The topological polar surface area (TPSA) is 115 Å². The van der Waals surface area contributed by atoms with Crippen LogP contribution in [0, 0.1) is 0 Å². The normalized spacial score (nSPS) is 12.4. The summed E-state index contributed by atoms with van der Waals surface area (Å²) in [5.74, 6) is -1.03. The zero-order valence-electron chi connectivity index (χ0n) is 13.8. The predicted molar refractivity (Wildman–Crippen MR) is 93.4 cm³/mol. The van der Waals surface area contributed by atoms with Crippen molar-refractivity contribution in [1.82, 2.24) is 9.59 Å². The van der Waals surface area contributed by atoms with Gasteiger partial charge in [0.15, 0.2) is 11.0 Å². The van der Waals surface area contributed by atoms with Crippen LogP contribution < -0.4 is 4.72 Å². The Bertz CT molecular complexity index is 875. The summed E-state index contributed by atoms with van der Waals surface area (Å²) in [7, 11) is -3.39. The van der Waals surface area contributed by atoms with Crippen molar-refractivity contribution in [2.24, 2.45) is 0 Å². The average molecular weight is 383 g/mol. The first-order chi connectivity index (χ1) is 11.7. The molecule has 1 atom stereocenters. The van der Waals surface area contributed by atoms with Gasteiger partial charge in [0.2, 0.25) is 15.8 Å². The fourth-order valence-corrected chi connectivity index (χ4v) is 3.21. The fourth-order valence-electron chi connectivity index (χ4n) is 2.01. The van der Waals surface area contributed by atoms with E-state index in [1.807, 2.05) is 6.92 Å². The molecular weight excluding hydrogens is 366 g/mol. The van der Waals surface area contributed by atoms with Crippen molar-refractivity contribution in [2.75, 3.05) is 11.0 Å². The van der Waals surface area contributed by atoms with Gasteiger partial charge in [-0.3, -0.25) is 9.52 Å². The van der Waals surface area contributed by atoms with Gasteiger partial charge in [0.25, 0.3) is 0 Å². The summed E-state index contributed by atoms with van der Waals surface area (Å²) in [5, 5.41) is 3.83. The number of nitrogens with zero attached hydrogens (tertiary/aromatic N) is 2. The Balaban J connectivity index is 2.05. The molecule has 0 radical (unpaired) electrons. The first-order valence-corrected chi connectivity index (χ1v) is 10.0. The van der Waals surface area contributed by atoms with Crippen LogP contribution in [0.2, 0.25) is 0 Å². The van der Waals surface area contributed by atoms with Crippen LogP contribution in [0.3, 0.4) is 0 Å². The molecule has 10 heteroatoms. The molecule has 1 N–H and O–H groups in total. The maximum absolute atomic E-state index is 12.4. The number of anilines is 1. The zero-order chi connectivity index (χ0) is 18.6. The summed E-state index contributed by atoms with van der Waals surface area (Å²) in [6, 6.07) is 5.86. The van der Waals surface area contributed by atoms with E-state index in [1.165, 1.54) is 31.2 Å². The van der Waals surface area contributed by atoms with Crippen LogP contribution in [-0.2, 0) is 21.2 Å². The average Bonchev–Trinajstić information content (AvgIpc) is 3.02. The minimum atomic E-state index is -3.39. The summed E-state index contributed by atoms with van der Waals surface area (Å²) >= 11 is 0.927. The second-order valence-electron chi connectivity index (χ2n) is 5.27. The first kappa shape index (κ1) is 19.0. The molecule has 1 aromatic heterocycles. The van der Waals surface area contributed by atoms with Crippen molar-refractivity contribution >= 4 is 39.0 Å². The molecule has 0 unspecified atom stereocenters. The Hall–Kier alpha value is -2.33. The third kappa shape index (κ3) is 5.07. The third-order valence-corrected chi connectivity index (χ3v) is 4.56. The number of hydrogen-bond acceptors (Lipinski definition) is 8. The predicted octanol–water partition coefficient (Wildman–Crippen LogP) is 1.90. The summed E-state index contributed by atoms with van der Waals surface area (Å²) in [5.41, 5.74) is 1.18. The number of aromatic nitrogens is 2. The molecule has 0 fully saturated rings. The smallest absolute Gasteiger partial charge is 0.352 e.